The predicted molar refractivity (Wildman–Crippen MR) is 148 cm³/mol. The number of hydrogen-bond acceptors (Lipinski definition) is 9. The molecule has 39 heavy (non-hydrogen) atoms. The Morgan fingerprint density at radius 1 is 0.872 bits per heavy atom. The van der Waals surface area contributed by atoms with Gasteiger partial charge in [0.05, 0.1) is 24.2 Å². The van der Waals surface area contributed by atoms with Crippen LogP contribution in [-0.4, -0.2) is 42.2 Å². The second-order valence-corrected chi connectivity index (χ2v) is 10.8. The van der Waals surface area contributed by atoms with Crippen LogP contribution in [0.1, 0.15) is 64.9 Å². The minimum absolute atomic E-state index is 0.152. The molecule has 2 N–H and O–H groups in total. The monoisotopic (exact) mass is 542 g/mol. The molecular weight excluding hydrogens is 512 g/mol. The average Bonchev–Trinajstić information content (AvgIpc) is 3.68. The van der Waals surface area contributed by atoms with E-state index >= 15 is 0 Å². The van der Waals surface area contributed by atoms with Gasteiger partial charge in [0.1, 0.15) is 5.01 Å². The Hall–Kier alpha value is -4.12. The molecule has 0 saturated heterocycles. The number of carbonyl (C=O) groups excluding carboxylic acids is 2. The van der Waals surface area contributed by atoms with E-state index in [1.54, 1.807) is 12.3 Å². The molecule has 0 bridgehead atoms. The molecule has 5 rings (SSSR count). The van der Waals surface area contributed by atoms with Gasteiger partial charge in [0, 0.05) is 24.0 Å². The van der Waals surface area contributed by atoms with Crippen molar-refractivity contribution in [2.75, 3.05) is 10.6 Å². The number of carbonyl (C=O) groups is 2. The number of amides is 2. The number of unbranched alkanes of at least 4 members (excludes halogenated alkanes) is 1. The minimum Gasteiger partial charge on any atom is -0.309 e. The molecule has 1 fully saturated rings. The smallest absolute Gasteiger partial charge is 0.232 e. The van der Waals surface area contributed by atoms with E-state index in [2.05, 4.69) is 47.1 Å². The van der Waals surface area contributed by atoms with Gasteiger partial charge in [-0.1, -0.05) is 17.4 Å². The molecular formula is C28H30N8O2S. The van der Waals surface area contributed by atoms with Gasteiger partial charge in [0.15, 0.2) is 5.82 Å². The zero-order valence-corrected chi connectivity index (χ0v) is 22.6. The Bertz CT molecular complexity index is 1420. The molecule has 200 valence electrons. The van der Waals surface area contributed by atoms with Crippen LogP contribution in [0.4, 0.5) is 10.9 Å². The van der Waals surface area contributed by atoms with Crippen LogP contribution in [0.3, 0.4) is 0 Å². The number of rotatable bonds is 12. The highest BCUT2D eigenvalue weighted by molar-refractivity contribution is 7.15. The van der Waals surface area contributed by atoms with Crippen molar-refractivity contribution in [3.8, 4) is 0 Å². The Morgan fingerprint density at radius 2 is 1.69 bits per heavy atom. The summed E-state index contributed by atoms with van der Waals surface area (Å²) in [7, 11) is 0. The summed E-state index contributed by atoms with van der Waals surface area (Å²) in [6.45, 7) is 1.97. The highest BCUT2D eigenvalue weighted by Gasteiger charge is 2.24. The summed E-state index contributed by atoms with van der Waals surface area (Å²) in [5, 5.41) is 23.6. The van der Waals surface area contributed by atoms with E-state index in [1.165, 1.54) is 29.7 Å². The number of aromatic nitrogens is 6. The lowest BCUT2D eigenvalue weighted by Gasteiger charge is -2.07. The Kier molecular flexibility index (Phi) is 8.57. The maximum absolute atomic E-state index is 12.5. The zero-order chi connectivity index (χ0) is 27.0. The van der Waals surface area contributed by atoms with Crippen LogP contribution in [0, 0.1) is 6.92 Å². The van der Waals surface area contributed by atoms with Crippen molar-refractivity contribution in [1.82, 2.24) is 30.4 Å². The quantitative estimate of drug-likeness (QED) is 0.254. The summed E-state index contributed by atoms with van der Waals surface area (Å²) in [5.41, 5.74) is 4.58. The number of hydrogen-bond donors (Lipinski definition) is 2. The second-order valence-electron chi connectivity index (χ2n) is 9.70. The number of aryl methyl sites for hydroxylation is 3. The fourth-order valence-electron chi connectivity index (χ4n) is 4.24. The number of nitrogens with one attached hydrogen (secondary N) is 2. The van der Waals surface area contributed by atoms with E-state index in [-0.39, 0.29) is 24.7 Å². The van der Waals surface area contributed by atoms with Crippen LogP contribution in [0.5, 0.6) is 0 Å². The molecule has 4 heterocycles. The van der Waals surface area contributed by atoms with Crippen LogP contribution >= 0.6 is 11.3 Å². The Balaban J connectivity index is 1.01. The van der Waals surface area contributed by atoms with Crippen LogP contribution in [0.2, 0.25) is 0 Å². The maximum Gasteiger partial charge on any atom is 0.232 e. The van der Waals surface area contributed by atoms with Crippen molar-refractivity contribution in [1.29, 1.82) is 0 Å². The summed E-state index contributed by atoms with van der Waals surface area (Å²) < 4.78 is 0. The van der Waals surface area contributed by atoms with Gasteiger partial charge in [0.2, 0.25) is 16.9 Å². The van der Waals surface area contributed by atoms with E-state index in [0.29, 0.717) is 22.6 Å². The van der Waals surface area contributed by atoms with Gasteiger partial charge in [-0.15, -0.1) is 15.3 Å². The van der Waals surface area contributed by atoms with E-state index in [4.69, 9.17) is 0 Å². The molecule has 0 unspecified atom stereocenters. The second kappa shape index (κ2) is 12.6. The van der Waals surface area contributed by atoms with E-state index in [1.807, 2.05) is 37.3 Å². The van der Waals surface area contributed by atoms with Crippen LogP contribution in [0.15, 0.2) is 48.7 Å². The summed E-state index contributed by atoms with van der Waals surface area (Å²) in [6, 6.07) is 13.3. The lowest BCUT2D eigenvalue weighted by molar-refractivity contribution is -0.116. The largest absolute Gasteiger partial charge is 0.309 e. The molecule has 1 aliphatic rings. The highest BCUT2D eigenvalue weighted by atomic mass is 32.1. The van der Waals surface area contributed by atoms with E-state index in [9.17, 15) is 9.59 Å². The number of anilines is 2. The highest BCUT2D eigenvalue weighted by Crippen LogP contribution is 2.40. The van der Waals surface area contributed by atoms with Crippen LogP contribution in [-0.2, 0) is 35.3 Å². The van der Waals surface area contributed by atoms with Crippen molar-refractivity contribution < 1.29 is 9.59 Å². The minimum atomic E-state index is -0.163. The standard InChI is InChI=1S/C28H30N8O2S/c1-18-14-20(19-9-10-19)15-23(30-18)17-25(37)31-24-12-11-21(33-34-24)6-2-3-8-27-35-36-28(39-27)32-26(38)16-22-7-4-5-13-29-22/h4-5,7,11-15,19H,2-3,6,8-10,16-17H2,1H3,(H,31,34,37)(H,32,36,38). The number of pyridine rings is 2. The molecule has 4 aromatic rings. The van der Waals surface area contributed by atoms with Gasteiger partial charge in [0.25, 0.3) is 0 Å². The summed E-state index contributed by atoms with van der Waals surface area (Å²) in [6.07, 6.45) is 7.86. The lowest BCUT2D eigenvalue weighted by Crippen LogP contribution is -2.17. The Morgan fingerprint density at radius 3 is 2.46 bits per heavy atom. The average molecular weight is 543 g/mol. The van der Waals surface area contributed by atoms with Gasteiger partial charge in [-0.05, 0) is 86.9 Å². The third-order valence-corrected chi connectivity index (χ3v) is 7.16. The molecule has 0 spiro atoms. The molecule has 11 heteroatoms. The first-order valence-corrected chi connectivity index (χ1v) is 13.9. The molecule has 2 amide bonds. The molecule has 0 aromatic carbocycles. The van der Waals surface area contributed by atoms with Gasteiger partial charge in [-0.25, -0.2) is 0 Å². The maximum atomic E-state index is 12.5. The lowest BCUT2D eigenvalue weighted by atomic mass is 10.1. The van der Waals surface area contributed by atoms with Gasteiger partial charge >= 0.3 is 0 Å². The molecule has 0 atom stereocenters. The van der Waals surface area contributed by atoms with Crippen molar-refractivity contribution in [2.24, 2.45) is 0 Å². The van der Waals surface area contributed by atoms with Crippen molar-refractivity contribution >= 4 is 34.1 Å². The van der Waals surface area contributed by atoms with E-state index < -0.39 is 0 Å². The first-order chi connectivity index (χ1) is 19.0. The zero-order valence-electron chi connectivity index (χ0n) is 21.8. The predicted octanol–water partition coefficient (Wildman–Crippen LogP) is 4.23. The topological polar surface area (TPSA) is 136 Å². The summed E-state index contributed by atoms with van der Waals surface area (Å²) in [4.78, 5) is 33.3. The summed E-state index contributed by atoms with van der Waals surface area (Å²) >= 11 is 1.38. The van der Waals surface area contributed by atoms with Crippen molar-refractivity contribution in [2.45, 2.75) is 64.2 Å². The van der Waals surface area contributed by atoms with Gasteiger partial charge in [-0.2, -0.15) is 5.10 Å². The number of nitrogens with zero attached hydrogens (tertiary/aromatic N) is 6. The van der Waals surface area contributed by atoms with Crippen LogP contribution < -0.4 is 10.6 Å². The fraction of sp³-hybridized carbons (Fsp3) is 0.357. The van der Waals surface area contributed by atoms with Gasteiger partial charge < -0.3 is 10.6 Å². The molecule has 1 saturated carbocycles. The molecule has 1 aliphatic carbocycles. The van der Waals surface area contributed by atoms with Crippen LogP contribution in [0.25, 0.3) is 0 Å². The van der Waals surface area contributed by atoms with Crippen molar-refractivity contribution in [3.63, 3.8) is 0 Å². The third kappa shape index (κ3) is 8.18. The van der Waals surface area contributed by atoms with E-state index in [0.717, 1.165) is 47.8 Å². The summed E-state index contributed by atoms with van der Waals surface area (Å²) in [5.74, 6) is 0.745. The molecule has 0 aliphatic heterocycles. The first kappa shape index (κ1) is 26.5. The normalized spacial score (nSPS) is 12.7. The first-order valence-electron chi connectivity index (χ1n) is 13.1. The van der Waals surface area contributed by atoms with Gasteiger partial charge in [-0.3, -0.25) is 19.6 Å². The van der Waals surface area contributed by atoms with Crippen molar-refractivity contribution in [3.05, 3.63) is 82.0 Å². The molecule has 10 nitrogen and oxygen atoms in total. The molecule has 0 radical (unpaired) electrons. The third-order valence-electron chi connectivity index (χ3n) is 6.26. The molecule has 4 aromatic heterocycles. The fourth-order valence-corrected chi connectivity index (χ4v) is 5.04. The SMILES string of the molecule is Cc1cc(C2CC2)cc(CC(=O)Nc2ccc(CCCCc3nnc(NC(=O)Cc4ccccn4)s3)nn2)n1. The Labute approximate surface area is 230 Å².